The quantitative estimate of drug-likeness (QED) is 0.677. The summed E-state index contributed by atoms with van der Waals surface area (Å²) in [5.74, 6) is -0.325. The average Bonchev–Trinajstić information content (AvgIpc) is 3.10. The number of rotatable bonds is 4. The molecule has 1 aliphatic heterocycles. The van der Waals surface area contributed by atoms with Crippen molar-refractivity contribution in [3.8, 4) is 0 Å². The van der Waals surface area contributed by atoms with Crippen LogP contribution in [0.1, 0.15) is 22.3 Å². The van der Waals surface area contributed by atoms with Gasteiger partial charge in [0.2, 0.25) is 0 Å². The molecule has 0 spiro atoms. The topological polar surface area (TPSA) is 47.4 Å². The second-order valence-electron chi connectivity index (χ2n) is 6.47. The average molecular weight is 347 g/mol. The first-order valence-electron chi connectivity index (χ1n) is 8.75. The van der Waals surface area contributed by atoms with Gasteiger partial charge in [-0.1, -0.05) is 36.4 Å². The van der Waals surface area contributed by atoms with Crippen molar-refractivity contribution >= 4 is 22.4 Å². The van der Waals surface area contributed by atoms with Gasteiger partial charge in [0.1, 0.15) is 0 Å². The van der Waals surface area contributed by atoms with Crippen LogP contribution in [0.4, 0.5) is 0 Å². The van der Waals surface area contributed by atoms with E-state index in [1.54, 1.807) is 12.3 Å². The molecule has 132 valence electrons. The molecular weight excluding hydrogens is 326 g/mol. The van der Waals surface area contributed by atoms with Crippen molar-refractivity contribution in [2.45, 2.75) is 13.1 Å². The normalized spacial score (nSPS) is 15.0. The van der Waals surface area contributed by atoms with E-state index in [2.05, 4.69) is 40.3 Å². The second-order valence-corrected chi connectivity index (χ2v) is 6.47. The zero-order valence-electron chi connectivity index (χ0n) is 14.8. The predicted octanol–water partition coefficient (Wildman–Crippen LogP) is 3.57. The van der Waals surface area contributed by atoms with Crippen LogP contribution in [0.3, 0.4) is 0 Å². The number of esters is 1. The molecule has 0 fully saturated rings. The summed E-state index contributed by atoms with van der Waals surface area (Å²) in [6, 6.07) is 16.1. The van der Waals surface area contributed by atoms with Crippen LogP contribution < -0.4 is 0 Å². The van der Waals surface area contributed by atoms with Crippen LogP contribution in [0.15, 0.2) is 60.8 Å². The van der Waals surface area contributed by atoms with Gasteiger partial charge in [-0.2, -0.15) is 5.10 Å². The molecule has 0 bridgehead atoms. The molecule has 1 aliphatic rings. The highest BCUT2D eigenvalue weighted by Gasteiger charge is 2.15. The number of ether oxygens (including phenoxy) is 1. The van der Waals surface area contributed by atoms with Gasteiger partial charge in [-0.3, -0.25) is 9.58 Å². The first kappa shape index (κ1) is 16.5. The number of benzene rings is 2. The molecule has 0 atom stereocenters. The standard InChI is InChI=1S/C21H21N3O2/c1-26-21(25)18-7-8-20-19(13-18)14-22-24(20)15-23-11-9-17(10-12-23)16-5-3-2-4-6-16/h2-9,13-14H,10-12,15H2,1H3. The fraction of sp³-hybridized carbons (Fsp3) is 0.238. The first-order chi connectivity index (χ1) is 12.7. The summed E-state index contributed by atoms with van der Waals surface area (Å²) in [6.07, 6.45) is 5.15. The molecule has 5 nitrogen and oxygen atoms in total. The van der Waals surface area contributed by atoms with E-state index in [0.717, 1.165) is 37.1 Å². The van der Waals surface area contributed by atoms with Crippen LogP contribution >= 0.6 is 0 Å². The van der Waals surface area contributed by atoms with Gasteiger partial charge in [0.25, 0.3) is 0 Å². The number of aromatic nitrogens is 2. The van der Waals surface area contributed by atoms with E-state index in [1.807, 2.05) is 22.9 Å². The summed E-state index contributed by atoms with van der Waals surface area (Å²) in [4.78, 5) is 14.0. The van der Waals surface area contributed by atoms with Crippen LogP contribution in [0.25, 0.3) is 16.5 Å². The maximum Gasteiger partial charge on any atom is 0.337 e. The van der Waals surface area contributed by atoms with Gasteiger partial charge < -0.3 is 4.74 Å². The molecule has 3 aromatic rings. The van der Waals surface area contributed by atoms with Crippen molar-refractivity contribution in [3.63, 3.8) is 0 Å². The largest absolute Gasteiger partial charge is 0.465 e. The van der Waals surface area contributed by atoms with Gasteiger partial charge in [0.15, 0.2) is 0 Å². The highest BCUT2D eigenvalue weighted by molar-refractivity contribution is 5.94. The Morgan fingerprint density at radius 1 is 1.19 bits per heavy atom. The molecule has 0 saturated carbocycles. The second kappa shape index (κ2) is 7.14. The Hall–Kier alpha value is -2.92. The summed E-state index contributed by atoms with van der Waals surface area (Å²) in [7, 11) is 1.39. The molecule has 26 heavy (non-hydrogen) atoms. The molecule has 0 radical (unpaired) electrons. The Morgan fingerprint density at radius 2 is 2.04 bits per heavy atom. The number of carbonyl (C=O) groups is 1. The summed E-state index contributed by atoms with van der Waals surface area (Å²) in [5, 5.41) is 5.44. The molecule has 5 heteroatoms. The highest BCUT2D eigenvalue weighted by atomic mass is 16.5. The third-order valence-corrected chi connectivity index (χ3v) is 4.83. The fourth-order valence-electron chi connectivity index (χ4n) is 3.39. The number of carbonyl (C=O) groups excluding carboxylic acids is 1. The van der Waals surface area contributed by atoms with Gasteiger partial charge in [0.05, 0.1) is 31.1 Å². The molecule has 0 aliphatic carbocycles. The molecule has 2 aromatic carbocycles. The van der Waals surface area contributed by atoms with Crippen LogP contribution in [-0.4, -0.2) is 40.8 Å². The first-order valence-corrected chi connectivity index (χ1v) is 8.75. The number of nitrogens with zero attached hydrogens (tertiary/aromatic N) is 3. The molecule has 0 amide bonds. The smallest absolute Gasteiger partial charge is 0.337 e. The zero-order valence-corrected chi connectivity index (χ0v) is 14.8. The van der Waals surface area contributed by atoms with E-state index in [-0.39, 0.29) is 5.97 Å². The SMILES string of the molecule is COC(=O)c1ccc2c(cnn2CN2CC=C(c3ccccc3)CC2)c1. The highest BCUT2D eigenvalue weighted by Crippen LogP contribution is 2.23. The zero-order chi connectivity index (χ0) is 17.9. The lowest BCUT2D eigenvalue weighted by Crippen LogP contribution is -2.31. The Labute approximate surface area is 152 Å². The minimum atomic E-state index is -0.325. The van der Waals surface area contributed by atoms with E-state index in [4.69, 9.17) is 4.74 Å². The van der Waals surface area contributed by atoms with Crippen molar-refractivity contribution in [3.05, 3.63) is 71.9 Å². The van der Waals surface area contributed by atoms with Crippen LogP contribution in [0, 0.1) is 0 Å². The fourth-order valence-corrected chi connectivity index (χ4v) is 3.39. The van der Waals surface area contributed by atoms with E-state index >= 15 is 0 Å². The molecule has 0 saturated heterocycles. The lowest BCUT2D eigenvalue weighted by Gasteiger charge is -2.26. The Bertz CT molecular complexity index is 960. The molecule has 0 N–H and O–H groups in total. The van der Waals surface area contributed by atoms with Gasteiger partial charge in [-0.15, -0.1) is 0 Å². The number of hydrogen-bond acceptors (Lipinski definition) is 4. The van der Waals surface area contributed by atoms with Crippen LogP contribution in [0.5, 0.6) is 0 Å². The summed E-state index contributed by atoms with van der Waals surface area (Å²) in [5.41, 5.74) is 4.30. The number of hydrogen-bond donors (Lipinski definition) is 0. The number of fused-ring (bicyclic) bond motifs is 1. The van der Waals surface area contributed by atoms with Crippen LogP contribution in [-0.2, 0) is 11.4 Å². The Morgan fingerprint density at radius 3 is 2.77 bits per heavy atom. The van der Waals surface area contributed by atoms with Gasteiger partial charge in [-0.25, -0.2) is 4.79 Å². The maximum atomic E-state index is 11.7. The molecule has 4 rings (SSSR count). The van der Waals surface area contributed by atoms with Crippen LogP contribution in [0.2, 0.25) is 0 Å². The van der Waals surface area contributed by atoms with Gasteiger partial charge in [0, 0.05) is 18.5 Å². The van der Waals surface area contributed by atoms with Crippen molar-refractivity contribution in [2.24, 2.45) is 0 Å². The Kier molecular flexibility index (Phi) is 4.54. The minimum Gasteiger partial charge on any atom is -0.465 e. The number of methoxy groups -OCH3 is 1. The lowest BCUT2D eigenvalue weighted by molar-refractivity contribution is 0.0601. The summed E-state index contributed by atoms with van der Waals surface area (Å²) in [6.45, 7) is 2.65. The van der Waals surface area contributed by atoms with Crippen molar-refractivity contribution in [2.75, 3.05) is 20.2 Å². The Balaban J connectivity index is 1.48. The third kappa shape index (κ3) is 3.26. The van der Waals surface area contributed by atoms with Crippen molar-refractivity contribution in [1.82, 2.24) is 14.7 Å². The van der Waals surface area contributed by atoms with Crippen molar-refractivity contribution < 1.29 is 9.53 Å². The van der Waals surface area contributed by atoms with E-state index < -0.39 is 0 Å². The van der Waals surface area contributed by atoms with Crippen molar-refractivity contribution in [1.29, 1.82) is 0 Å². The van der Waals surface area contributed by atoms with E-state index in [1.165, 1.54) is 18.2 Å². The lowest BCUT2D eigenvalue weighted by atomic mass is 10.00. The van der Waals surface area contributed by atoms with Gasteiger partial charge >= 0.3 is 5.97 Å². The summed E-state index contributed by atoms with van der Waals surface area (Å²) < 4.78 is 6.76. The van der Waals surface area contributed by atoms with E-state index in [9.17, 15) is 4.79 Å². The monoisotopic (exact) mass is 347 g/mol. The van der Waals surface area contributed by atoms with Gasteiger partial charge in [-0.05, 0) is 35.8 Å². The summed E-state index contributed by atoms with van der Waals surface area (Å²) >= 11 is 0. The minimum absolute atomic E-state index is 0.325. The molecule has 1 aromatic heterocycles. The predicted molar refractivity (Wildman–Crippen MR) is 102 cm³/mol. The molecule has 0 unspecified atom stereocenters. The third-order valence-electron chi connectivity index (χ3n) is 4.83. The molecule has 2 heterocycles. The maximum absolute atomic E-state index is 11.7. The molecular formula is C21H21N3O2. The van der Waals surface area contributed by atoms with E-state index in [0.29, 0.717) is 5.56 Å².